The highest BCUT2D eigenvalue weighted by atomic mass is 35.5. The van der Waals surface area contributed by atoms with Gasteiger partial charge in [0.1, 0.15) is 29.8 Å². The Hall–Kier alpha value is -3.66. The number of alkyl halides is 5. The highest BCUT2D eigenvalue weighted by molar-refractivity contribution is 6.45. The van der Waals surface area contributed by atoms with E-state index in [0.717, 1.165) is 12.3 Å². The van der Waals surface area contributed by atoms with Crippen molar-refractivity contribution in [3.8, 4) is 0 Å². The Morgan fingerprint density at radius 1 is 1.29 bits per heavy atom. The van der Waals surface area contributed by atoms with Crippen LogP contribution < -0.4 is 10.6 Å². The molecule has 11 nitrogen and oxygen atoms in total. The molecule has 4 N–H and O–H groups in total. The number of imidazole rings is 1. The second-order valence-electron chi connectivity index (χ2n) is 11.0. The Balaban J connectivity index is 0.00000177. The number of carbonyl (C=O) groups excluding carboxylic acids is 3. The van der Waals surface area contributed by atoms with E-state index in [1.54, 1.807) is 14.2 Å². The third-order valence-electron chi connectivity index (χ3n) is 7.56. The van der Waals surface area contributed by atoms with Crippen LogP contribution in [0, 0.1) is 16.7 Å². The van der Waals surface area contributed by atoms with Crippen LogP contribution in [0.4, 0.5) is 22.0 Å². The summed E-state index contributed by atoms with van der Waals surface area (Å²) in [5.41, 5.74) is -1.66. The monoisotopic (exact) mass is 663 g/mol. The number of aldehydes is 1. The number of ether oxygens (including phenoxy) is 1. The number of aromatic nitrogens is 4. The average molecular weight is 664 g/mol. The van der Waals surface area contributed by atoms with Crippen molar-refractivity contribution in [1.82, 2.24) is 30.4 Å². The van der Waals surface area contributed by atoms with Gasteiger partial charge in [0.15, 0.2) is 0 Å². The van der Waals surface area contributed by atoms with Gasteiger partial charge in [0.2, 0.25) is 11.8 Å². The first-order chi connectivity index (χ1) is 21.1. The molecule has 2 aromatic rings. The average Bonchev–Trinajstić information content (AvgIpc) is 3.62. The molecule has 248 valence electrons. The molecule has 0 bridgehead atoms. The number of piperidine rings is 1. The molecule has 1 aliphatic carbocycles. The van der Waals surface area contributed by atoms with Crippen LogP contribution >= 0.6 is 11.6 Å². The van der Waals surface area contributed by atoms with Crippen molar-refractivity contribution in [1.29, 1.82) is 5.41 Å². The van der Waals surface area contributed by atoms with E-state index in [2.05, 4.69) is 30.4 Å². The summed E-state index contributed by atoms with van der Waals surface area (Å²) in [6.45, 7) is -1.05. The summed E-state index contributed by atoms with van der Waals surface area (Å²) in [5, 5.41) is 17.1. The quantitative estimate of drug-likeness (QED) is 0.124. The molecule has 2 unspecified atom stereocenters. The van der Waals surface area contributed by atoms with Gasteiger partial charge in [-0.2, -0.15) is 18.3 Å². The van der Waals surface area contributed by atoms with Gasteiger partial charge in [0.25, 0.3) is 5.91 Å². The number of amides is 2. The zero-order chi connectivity index (χ0) is 33.4. The Bertz CT molecular complexity index is 1380. The van der Waals surface area contributed by atoms with Gasteiger partial charge < -0.3 is 30.6 Å². The number of hydrogen-bond donors (Lipinski definition) is 4. The van der Waals surface area contributed by atoms with E-state index in [1.807, 2.05) is 0 Å². The lowest BCUT2D eigenvalue weighted by Crippen LogP contribution is -2.48. The molecule has 17 heteroatoms. The highest BCUT2D eigenvalue weighted by Crippen LogP contribution is 2.41. The first-order valence-corrected chi connectivity index (χ1v) is 14.4. The fraction of sp³-hybridized carbons (Fsp3) is 0.571. The summed E-state index contributed by atoms with van der Waals surface area (Å²) in [4.78, 5) is 44.3. The number of aromatic amines is 1. The van der Waals surface area contributed by atoms with E-state index in [4.69, 9.17) is 17.0 Å². The maximum atomic E-state index is 13.9. The van der Waals surface area contributed by atoms with Crippen LogP contribution in [0.25, 0.3) is 6.08 Å². The summed E-state index contributed by atoms with van der Waals surface area (Å²) >= 11 is 6.32. The van der Waals surface area contributed by atoms with Crippen LogP contribution in [-0.2, 0) is 20.9 Å². The van der Waals surface area contributed by atoms with Crippen LogP contribution in [0.2, 0.25) is 0 Å². The number of hydrogen-bond acceptors (Lipinski definition) is 7. The molecule has 1 aliphatic heterocycles. The fourth-order valence-electron chi connectivity index (χ4n) is 5.29. The fourth-order valence-corrected chi connectivity index (χ4v) is 5.46. The first kappa shape index (κ1) is 35.8. The van der Waals surface area contributed by atoms with Gasteiger partial charge in [-0.1, -0.05) is 11.6 Å². The number of rotatable bonds is 10. The predicted molar refractivity (Wildman–Crippen MR) is 154 cm³/mol. The molecule has 2 aromatic heterocycles. The lowest BCUT2D eigenvalue weighted by atomic mass is 9.77. The number of allylic oxidation sites excluding steroid dienone is 1. The third-order valence-corrected chi connectivity index (χ3v) is 7.89. The summed E-state index contributed by atoms with van der Waals surface area (Å²) in [6.07, 6.45) is -0.600. The van der Waals surface area contributed by atoms with Gasteiger partial charge in [0, 0.05) is 52.3 Å². The third kappa shape index (κ3) is 9.66. The van der Waals surface area contributed by atoms with Crippen molar-refractivity contribution in [2.75, 3.05) is 20.8 Å². The van der Waals surface area contributed by atoms with Crippen LogP contribution in [0.1, 0.15) is 73.0 Å². The molecule has 2 amide bonds. The number of nitrogens with zero attached hydrogens (tertiary/aromatic N) is 3. The zero-order valence-corrected chi connectivity index (χ0v) is 25.4. The van der Waals surface area contributed by atoms with Gasteiger partial charge in [-0.15, -0.1) is 0 Å². The van der Waals surface area contributed by atoms with Crippen molar-refractivity contribution in [2.45, 2.75) is 69.6 Å². The van der Waals surface area contributed by atoms with Crippen molar-refractivity contribution < 1.29 is 41.1 Å². The van der Waals surface area contributed by atoms with Crippen molar-refractivity contribution in [2.24, 2.45) is 11.3 Å². The van der Waals surface area contributed by atoms with Gasteiger partial charge in [0.05, 0.1) is 28.7 Å². The Kier molecular flexibility index (Phi) is 12.0. The second kappa shape index (κ2) is 15.1. The number of halogens is 6. The molecule has 2 fully saturated rings. The van der Waals surface area contributed by atoms with E-state index in [-0.39, 0.29) is 47.9 Å². The van der Waals surface area contributed by atoms with E-state index >= 15 is 0 Å². The van der Waals surface area contributed by atoms with Gasteiger partial charge in [-0.05, 0) is 37.7 Å². The summed E-state index contributed by atoms with van der Waals surface area (Å²) < 4.78 is 71.4. The maximum Gasteiger partial charge on any atom is 0.408 e. The standard InChI is InChI=1S/C26H29ClF5N7O3.C2H6O/c27-16(17(33)11-24(14-40)5-1-8-34-23(24)42)10-20-35-12-18(37-20)21(15-2-6-25(28,29)7-3-15)38-22(41)19-4-9-36-39(19)13-26(30,31)32;1-3-2/h4,9-10,12,14-15,21,33H,1-3,5-8,11,13H2,(H,34,42)(H,35,37)(H,38,41);1-2H3/b16-10+,33-17?;. The summed E-state index contributed by atoms with van der Waals surface area (Å²) in [5.74, 6) is -4.58. The lowest BCUT2D eigenvalue weighted by molar-refractivity contribution is -0.143. The molecule has 1 saturated carbocycles. The number of methoxy groups -OCH3 is 1. The van der Waals surface area contributed by atoms with E-state index < -0.39 is 60.7 Å². The van der Waals surface area contributed by atoms with E-state index in [0.29, 0.717) is 29.6 Å². The van der Waals surface area contributed by atoms with Crippen molar-refractivity contribution in [3.63, 3.8) is 0 Å². The largest absolute Gasteiger partial charge is 0.408 e. The van der Waals surface area contributed by atoms with Crippen LogP contribution in [0.3, 0.4) is 0 Å². The molecule has 0 aromatic carbocycles. The van der Waals surface area contributed by atoms with Crippen LogP contribution in [0.5, 0.6) is 0 Å². The lowest BCUT2D eigenvalue weighted by Gasteiger charge is -2.33. The molecular formula is C28H35ClF5N7O4. The minimum atomic E-state index is -4.63. The number of nitrogens with one attached hydrogen (secondary N) is 4. The maximum absolute atomic E-state index is 13.9. The number of carbonyl (C=O) groups is 3. The molecular weight excluding hydrogens is 629 g/mol. The van der Waals surface area contributed by atoms with Crippen molar-refractivity contribution >= 4 is 41.5 Å². The van der Waals surface area contributed by atoms with Crippen molar-refractivity contribution in [3.05, 3.63) is 40.7 Å². The Morgan fingerprint density at radius 3 is 2.56 bits per heavy atom. The van der Waals surface area contributed by atoms with Gasteiger partial charge >= 0.3 is 6.18 Å². The molecule has 1 saturated heterocycles. The Morgan fingerprint density at radius 2 is 1.96 bits per heavy atom. The first-order valence-electron chi connectivity index (χ1n) is 14.1. The molecule has 0 radical (unpaired) electrons. The molecule has 45 heavy (non-hydrogen) atoms. The topological polar surface area (TPSA) is 155 Å². The Labute approximate surface area is 260 Å². The summed E-state index contributed by atoms with van der Waals surface area (Å²) in [6, 6.07) is 0.207. The smallest absolute Gasteiger partial charge is 0.388 e. The summed E-state index contributed by atoms with van der Waals surface area (Å²) in [7, 11) is 3.25. The molecule has 0 spiro atoms. The SMILES string of the molecule is COC.N=C(CC1(C=O)CCCNC1=O)/C(Cl)=C\c1ncc(C(NC(=O)c2ccnn2CC(F)(F)F)C2CCC(F)(F)CC2)[nH]1. The number of H-pyrrole nitrogens is 1. The molecule has 4 rings (SSSR count). The molecule has 2 atom stereocenters. The van der Waals surface area contributed by atoms with E-state index in [9.17, 15) is 36.3 Å². The molecule has 2 aliphatic rings. The minimum Gasteiger partial charge on any atom is -0.388 e. The van der Waals surface area contributed by atoms with Crippen LogP contribution in [0.15, 0.2) is 23.5 Å². The van der Waals surface area contributed by atoms with E-state index in [1.165, 1.54) is 12.3 Å². The van der Waals surface area contributed by atoms with Gasteiger partial charge in [-0.3, -0.25) is 14.3 Å². The highest BCUT2D eigenvalue weighted by Gasteiger charge is 2.42. The normalized spacial score (nSPS) is 21.2. The predicted octanol–water partition coefficient (Wildman–Crippen LogP) is 4.81. The van der Waals surface area contributed by atoms with Gasteiger partial charge in [-0.25, -0.2) is 13.8 Å². The van der Waals surface area contributed by atoms with Crippen LogP contribution in [-0.4, -0.2) is 76.4 Å². The second-order valence-corrected chi connectivity index (χ2v) is 11.5. The minimum absolute atomic E-state index is 0.0329. The molecule has 3 heterocycles. The zero-order valence-electron chi connectivity index (χ0n) is 24.6.